The lowest BCUT2D eigenvalue weighted by Gasteiger charge is -2.15. The van der Waals surface area contributed by atoms with E-state index in [0.717, 1.165) is 18.0 Å². The quantitative estimate of drug-likeness (QED) is 0.886. The Bertz CT molecular complexity index is 606. The molecule has 4 nitrogen and oxygen atoms in total. The minimum Gasteiger partial charge on any atom is -0.487 e. The summed E-state index contributed by atoms with van der Waals surface area (Å²) in [6, 6.07) is 5.03. The van der Waals surface area contributed by atoms with Gasteiger partial charge in [0.2, 0.25) is 0 Å². The molecule has 3 rings (SSSR count). The number of ether oxygens (including phenoxy) is 1. The van der Waals surface area contributed by atoms with Gasteiger partial charge in [0.15, 0.2) is 0 Å². The number of rotatable bonds is 6. The van der Waals surface area contributed by atoms with Crippen LogP contribution >= 0.6 is 0 Å². The van der Waals surface area contributed by atoms with Gasteiger partial charge in [-0.05, 0) is 50.4 Å². The van der Waals surface area contributed by atoms with Crippen LogP contribution in [0.15, 0.2) is 24.7 Å². The van der Waals surface area contributed by atoms with Crippen molar-refractivity contribution in [1.29, 1.82) is 0 Å². The third-order valence-corrected chi connectivity index (χ3v) is 3.95. The molecule has 1 aliphatic rings. The summed E-state index contributed by atoms with van der Waals surface area (Å²) in [4.78, 5) is 4.25. The minimum absolute atomic E-state index is 0.587. The number of aryl methyl sites for hydroxylation is 2. The highest BCUT2D eigenvalue weighted by molar-refractivity contribution is 5.43. The minimum atomic E-state index is 0.587. The zero-order chi connectivity index (χ0) is 14.8. The summed E-state index contributed by atoms with van der Waals surface area (Å²) in [5.74, 6) is 0.999. The van der Waals surface area contributed by atoms with Crippen LogP contribution in [0.1, 0.15) is 41.3 Å². The zero-order valence-electron chi connectivity index (χ0n) is 13.0. The Labute approximate surface area is 126 Å². The molecule has 4 heteroatoms. The molecule has 0 bridgehead atoms. The van der Waals surface area contributed by atoms with E-state index in [9.17, 15) is 0 Å². The van der Waals surface area contributed by atoms with E-state index < -0.39 is 0 Å². The van der Waals surface area contributed by atoms with Crippen LogP contribution in [0.2, 0.25) is 0 Å². The highest BCUT2D eigenvalue weighted by atomic mass is 16.5. The third-order valence-electron chi connectivity index (χ3n) is 3.95. The van der Waals surface area contributed by atoms with E-state index in [0.29, 0.717) is 12.6 Å². The van der Waals surface area contributed by atoms with E-state index in [1.807, 2.05) is 19.6 Å². The molecule has 0 atom stereocenters. The monoisotopic (exact) mass is 285 g/mol. The second-order valence-electron chi connectivity index (χ2n) is 5.90. The molecule has 0 spiro atoms. The summed E-state index contributed by atoms with van der Waals surface area (Å²) < 4.78 is 8.33. The fourth-order valence-electron chi connectivity index (χ4n) is 2.85. The van der Waals surface area contributed by atoms with Gasteiger partial charge in [0.05, 0.1) is 18.2 Å². The van der Waals surface area contributed by atoms with Gasteiger partial charge in [0.25, 0.3) is 0 Å². The fraction of sp³-hybridized carbons (Fsp3) is 0.471. The van der Waals surface area contributed by atoms with Gasteiger partial charge >= 0.3 is 0 Å². The maximum Gasteiger partial charge on any atom is 0.130 e. The first-order valence-electron chi connectivity index (χ1n) is 7.57. The van der Waals surface area contributed by atoms with Crippen LogP contribution in [-0.4, -0.2) is 16.6 Å². The van der Waals surface area contributed by atoms with Crippen molar-refractivity contribution in [3.05, 3.63) is 47.0 Å². The van der Waals surface area contributed by atoms with E-state index in [2.05, 4.69) is 40.8 Å². The molecule has 1 fully saturated rings. The van der Waals surface area contributed by atoms with Gasteiger partial charge in [0.1, 0.15) is 12.4 Å². The standard InChI is InChI=1S/C17H23N3O/c1-12-6-14(8-18-3)7-13(2)17(12)21-10-16-9-19-11-20(16)15-4-5-15/h6-7,9,11,15,18H,4-5,8,10H2,1-3H3. The maximum atomic E-state index is 6.08. The molecule has 112 valence electrons. The second kappa shape index (κ2) is 5.90. The molecule has 2 aromatic rings. The Morgan fingerprint density at radius 1 is 1.29 bits per heavy atom. The Morgan fingerprint density at radius 3 is 2.62 bits per heavy atom. The van der Waals surface area contributed by atoms with Gasteiger partial charge in [-0.15, -0.1) is 0 Å². The van der Waals surface area contributed by atoms with Crippen molar-refractivity contribution >= 4 is 0 Å². The number of hydrogen-bond acceptors (Lipinski definition) is 3. The predicted octanol–water partition coefficient (Wildman–Crippen LogP) is 3.13. The summed E-state index contributed by atoms with van der Waals surface area (Å²) >= 11 is 0. The summed E-state index contributed by atoms with van der Waals surface area (Å²) in [6.07, 6.45) is 6.37. The first-order valence-corrected chi connectivity index (χ1v) is 7.57. The molecule has 1 heterocycles. The normalized spacial score (nSPS) is 14.4. The average molecular weight is 285 g/mol. The molecular formula is C17H23N3O. The molecule has 1 aromatic carbocycles. The highest BCUT2D eigenvalue weighted by Gasteiger charge is 2.25. The SMILES string of the molecule is CNCc1cc(C)c(OCc2cncn2C2CC2)c(C)c1. The number of imidazole rings is 1. The van der Waals surface area contributed by atoms with Crippen LogP contribution in [0, 0.1) is 13.8 Å². The summed E-state index contributed by atoms with van der Waals surface area (Å²) in [6.45, 7) is 5.69. The van der Waals surface area contributed by atoms with Crippen LogP contribution in [0.4, 0.5) is 0 Å². The summed E-state index contributed by atoms with van der Waals surface area (Å²) in [7, 11) is 1.97. The van der Waals surface area contributed by atoms with Gasteiger partial charge in [-0.1, -0.05) is 12.1 Å². The molecule has 1 aromatic heterocycles. The maximum absolute atomic E-state index is 6.08. The Balaban J connectivity index is 1.74. The van der Waals surface area contributed by atoms with Gasteiger partial charge in [0, 0.05) is 12.6 Å². The number of nitrogens with one attached hydrogen (secondary N) is 1. The second-order valence-corrected chi connectivity index (χ2v) is 5.90. The molecule has 0 aliphatic heterocycles. The number of aromatic nitrogens is 2. The molecule has 0 saturated heterocycles. The van der Waals surface area contributed by atoms with Crippen molar-refractivity contribution in [2.24, 2.45) is 0 Å². The lowest BCUT2D eigenvalue weighted by atomic mass is 10.1. The number of benzene rings is 1. The molecule has 0 amide bonds. The van der Waals surface area contributed by atoms with Crippen LogP contribution in [0.25, 0.3) is 0 Å². The van der Waals surface area contributed by atoms with Gasteiger partial charge in [-0.25, -0.2) is 4.98 Å². The molecule has 1 N–H and O–H groups in total. The van der Waals surface area contributed by atoms with Crippen LogP contribution in [0.3, 0.4) is 0 Å². The van der Waals surface area contributed by atoms with Crippen molar-refractivity contribution in [3.63, 3.8) is 0 Å². The molecular weight excluding hydrogens is 262 g/mol. The lowest BCUT2D eigenvalue weighted by molar-refractivity contribution is 0.291. The average Bonchev–Trinajstić information content (AvgIpc) is 3.18. The zero-order valence-corrected chi connectivity index (χ0v) is 13.0. The van der Waals surface area contributed by atoms with E-state index in [4.69, 9.17) is 4.74 Å². The number of nitrogens with zero attached hydrogens (tertiary/aromatic N) is 2. The largest absolute Gasteiger partial charge is 0.487 e. The van der Waals surface area contributed by atoms with E-state index in [-0.39, 0.29) is 0 Å². The van der Waals surface area contributed by atoms with Gasteiger partial charge in [-0.2, -0.15) is 0 Å². The summed E-state index contributed by atoms with van der Waals surface area (Å²) in [5.41, 5.74) is 4.84. The molecule has 0 radical (unpaired) electrons. The Morgan fingerprint density at radius 2 is 2.00 bits per heavy atom. The summed E-state index contributed by atoms with van der Waals surface area (Å²) in [5, 5.41) is 3.19. The van der Waals surface area contributed by atoms with Crippen molar-refractivity contribution in [2.45, 2.75) is 45.9 Å². The van der Waals surface area contributed by atoms with Crippen molar-refractivity contribution in [2.75, 3.05) is 7.05 Å². The first kappa shape index (κ1) is 14.1. The predicted molar refractivity (Wildman–Crippen MR) is 83.5 cm³/mol. The van der Waals surface area contributed by atoms with Crippen molar-refractivity contribution in [3.8, 4) is 5.75 Å². The third kappa shape index (κ3) is 3.10. The fourth-order valence-corrected chi connectivity index (χ4v) is 2.85. The highest BCUT2D eigenvalue weighted by Crippen LogP contribution is 2.36. The van der Waals surface area contributed by atoms with Crippen molar-refractivity contribution in [1.82, 2.24) is 14.9 Å². The first-order chi connectivity index (χ1) is 10.2. The van der Waals surface area contributed by atoms with Crippen molar-refractivity contribution < 1.29 is 4.74 Å². The smallest absolute Gasteiger partial charge is 0.130 e. The molecule has 0 unspecified atom stereocenters. The van der Waals surface area contributed by atoms with Crippen LogP contribution in [-0.2, 0) is 13.2 Å². The Hall–Kier alpha value is -1.81. The molecule has 1 saturated carbocycles. The lowest BCUT2D eigenvalue weighted by Crippen LogP contribution is -2.08. The Kier molecular flexibility index (Phi) is 3.97. The van der Waals surface area contributed by atoms with Crippen LogP contribution < -0.4 is 10.1 Å². The van der Waals surface area contributed by atoms with Crippen LogP contribution in [0.5, 0.6) is 5.75 Å². The van der Waals surface area contributed by atoms with E-state index >= 15 is 0 Å². The van der Waals surface area contributed by atoms with Gasteiger partial charge < -0.3 is 14.6 Å². The van der Waals surface area contributed by atoms with E-state index in [1.54, 1.807) is 0 Å². The topological polar surface area (TPSA) is 39.1 Å². The number of hydrogen-bond donors (Lipinski definition) is 1. The molecule has 21 heavy (non-hydrogen) atoms. The van der Waals surface area contributed by atoms with Gasteiger partial charge in [-0.3, -0.25) is 0 Å². The van der Waals surface area contributed by atoms with E-state index in [1.165, 1.54) is 29.5 Å². The molecule has 1 aliphatic carbocycles.